The van der Waals surface area contributed by atoms with E-state index in [9.17, 15) is 0 Å². The number of hydrogen-bond donors (Lipinski definition) is 0. The molecule has 2 aromatic carbocycles. The minimum absolute atomic E-state index is 0.370. The molecule has 2 heteroatoms. The third kappa shape index (κ3) is 4.11. The quantitative estimate of drug-likeness (QED) is 0.824. The van der Waals surface area contributed by atoms with Gasteiger partial charge < -0.3 is 9.64 Å². The number of para-hydroxylation sites is 1. The average Bonchev–Trinajstić information content (AvgIpc) is 2.57. The summed E-state index contributed by atoms with van der Waals surface area (Å²) in [6.07, 6.45) is 3.77. The lowest BCUT2D eigenvalue weighted by Gasteiger charge is -2.32. The second-order valence-electron chi connectivity index (χ2n) is 6.16. The zero-order valence-electron chi connectivity index (χ0n) is 13.4. The monoisotopic (exact) mass is 295 g/mol. The molecule has 1 aliphatic heterocycles. The molecule has 0 atom stereocenters. The zero-order chi connectivity index (χ0) is 15.2. The van der Waals surface area contributed by atoms with Crippen LogP contribution in [0.15, 0.2) is 54.6 Å². The van der Waals surface area contributed by atoms with Crippen molar-refractivity contribution in [1.29, 1.82) is 0 Å². The molecular formula is C20H25NO. The standard InChI is InChI=1S/C20H25NO/c1-17-7-5-6-10-20(17)22-19-12-15-21(16-13-19)14-11-18-8-3-2-4-9-18/h2-10,19H,11-16H2,1H3. The van der Waals surface area contributed by atoms with E-state index >= 15 is 0 Å². The number of ether oxygens (including phenoxy) is 1. The molecular weight excluding hydrogens is 270 g/mol. The summed E-state index contributed by atoms with van der Waals surface area (Å²) in [5.41, 5.74) is 2.66. The first-order chi connectivity index (χ1) is 10.8. The van der Waals surface area contributed by atoms with Crippen molar-refractivity contribution in [2.24, 2.45) is 0 Å². The van der Waals surface area contributed by atoms with Crippen LogP contribution in [0.3, 0.4) is 0 Å². The SMILES string of the molecule is Cc1ccccc1OC1CCN(CCc2ccccc2)CC1. The van der Waals surface area contributed by atoms with Crippen molar-refractivity contribution < 1.29 is 4.74 Å². The van der Waals surface area contributed by atoms with E-state index < -0.39 is 0 Å². The Morgan fingerprint density at radius 3 is 2.36 bits per heavy atom. The van der Waals surface area contributed by atoms with Crippen LogP contribution in [0.5, 0.6) is 5.75 Å². The molecule has 2 aromatic rings. The minimum Gasteiger partial charge on any atom is -0.490 e. The topological polar surface area (TPSA) is 12.5 Å². The number of likely N-dealkylation sites (tertiary alicyclic amines) is 1. The summed E-state index contributed by atoms with van der Waals surface area (Å²) in [7, 11) is 0. The van der Waals surface area contributed by atoms with Gasteiger partial charge in [0.1, 0.15) is 11.9 Å². The Morgan fingerprint density at radius 1 is 0.955 bits per heavy atom. The van der Waals surface area contributed by atoms with Crippen LogP contribution in [0, 0.1) is 6.92 Å². The highest BCUT2D eigenvalue weighted by atomic mass is 16.5. The van der Waals surface area contributed by atoms with Crippen molar-refractivity contribution in [3.63, 3.8) is 0 Å². The van der Waals surface area contributed by atoms with Crippen molar-refractivity contribution in [3.8, 4) is 5.75 Å². The predicted molar refractivity (Wildman–Crippen MR) is 91.4 cm³/mol. The van der Waals surface area contributed by atoms with Crippen molar-refractivity contribution in [2.75, 3.05) is 19.6 Å². The van der Waals surface area contributed by atoms with Gasteiger partial charge in [-0.15, -0.1) is 0 Å². The van der Waals surface area contributed by atoms with Gasteiger partial charge in [-0.25, -0.2) is 0 Å². The molecule has 116 valence electrons. The Bertz CT molecular complexity index is 573. The summed E-state index contributed by atoms with van der Waals surface area (Å²) in [5.74, 6) is 1.05. The maximum atomic E-state index is 6.17. The number of piperidine rings is 1. The van der Waals surface area contributed by atoms with E-state index in [2.05, 4.69) is 66.4 Å². The molecule has 22 heavy (non-hydrogen) atoms. The minimum atomic E-state index is 0.370. The highest BCUT2D eigenvalue weighted by Gasteiger charge is 2.20. The second-order valence-corrected chi connectivity index (χ2v) is 6.16. The second kappa shape index (κ2) is 7.46. The van der Waals surface area contributed by atoms with Crippen LogP contribution in [-0.2, 0) is 6.42 Å². The molecule has 0 spiro atoms. The molecule has 1 heterocycles. The van der Waals surface area contributed by atoms with Crippen LogP contribution >= 0.6 is 0 Å². The summed E-state index contributed by atoms with van der Waals surface area (Å²) in [6, 6.07) is 19.1. The van der Waals surface area contributed by atoms with E-state index in [1.54, 1.807) is 0 Å². The summed E-state index contributed by atoms with van der Waals surface area (Å²) in [5, 5.41) is 0. The fourth-order valence-corrected chi connectivity index (χ4v) is 3.05. The summed E-state index contributed by atoms with van der Waals surface area (Å²) >= 11 is 0. The average molecular weight is 295 g/mol. The maximum absolute atomic E-state index is 6.17. The molecule has 0 radical (unpaired) electrons. The van der Waals surface area contributed by atoms with Crippen LogP contribution in [0.1, 0.15) is 24.0 Å². The fourth-order valence-electron chi connectivity index (χ4n) is 3.05. The first kappa shape index (κ1) is 15.1. The van der Waals surface area contributed by atoms with E-state index in [0.29, 0.717) is 6.10 Å². The van der Waals surface area contributed by atoms with Crippen LogP contribution in [0.25, 0.3) is 0 Å². The predicted octanol–water partition coefficient (Wildman–Crippen LogP) is 4.08. The van der Waals surface area contributed by atoms with Gasteiger partial charge >= 0.3 is 0 Å². The van der Waals surface area contributed by atoms with Crippen molar-refractivity contribution >= 4 is 0 Å². The lowest BCUT2D eigenvalue weighted by molar-refractivity contribution is 0.101. The molecule has 0 bridgehead atoms. The molecule has 1 fully saturated rings. The summed E-state index contributed by atoms with van der Waals surface area (Å²) in [6.45, 7) is 5.55. The molecule has 2 nitrogen and oxygen atoms in total. The molecule has 0 saturated carbocycles. The van der Waals surface area contributed by atoms with E-state index in [-0.39, 0.29) is 0 Å². The van der Waals surface area contributed by atoms with Gasteiger partial charge in [0.25, 0.3) is 0 Å². The molecule has 0 amide bonds. The molecule has 1 saturated heterocycles. The van der Waals surface area contributed by atoms with E-state index in [4.69, 9.17) is 4.74 Å². The van der Waals surface area contributed by atoms with Gasteiger partial charge in [0, 0.05) is 19.6 Å². The third-order valence-corrected chi connectivity index (χ3v) is 4.48. The van der Waals surface area contributed by atoms with Gasteiger partial charge in [-0.1, -0.05) is 48.5 Å². The molecule has 0 aliphatic carbocycles. The zero-order valence-corrected chi connectivity index (χ0v) is 13.4. The fraction of sp³-hybridized carbons (Fsp3) is 0.400. The Morgan fingerprint density at radius 2 is 1.64 bits per heavy atom. The lowest BCUT2D eigenvalue weighted by atomic mass is 10.1. The molecule has 0 N–H and O–H groups in total. The van der Waals surface area contributed by atoms with Gasteiger partial charge in [-0.05, 0) is 43.4 Å². The molecule has 3 rings (SSSR count). The van der Waals surface area contributed by atoms with Gasteiger partial charge in [-0.2, -0.15) is 0 Å². The lowest BCUT2D eigenvalue weighted by Crippen LogP contribution is -2.39. The first-order valence-corrected chi connectivity index (χ1v) is 8.30. The number of benzene rings is 2. The molecule has 1 aliphatic rings. The molecule has 0 aromatic heterocycles. The Kier molecular flexibility index (Phi) is 5.12. The van der Waals surface area contributed by atoms with E-state index in [0.717, 1.165) is 44.6 Å². The third-order valence-electron chi connectivity index (χ3n) is 4.48. The van der Waals surface area contributed by atoms with Gasteiger partial charge in [0.15, 0.2) is 0 Å². The van der Waals surface area contributed by atoms with Crippen molar-refractivity contribution in [3.05, 3.63) is 65.7 Å². The maximum Gasteiger partial charge on any atom is 0.122 e. The smallest absolute Gasteiger partial charge is 0.122 e. The number of hydrogen-bond acceptors (Lipinski definition) is 2. The highest BCUT2D eigenvalue weighted by Crippen LogP contribution is 2.22. The van der Waals surface area contributed by atoms with Crippen molar-refractivity contribution in [1.82, 2.24) is 4.90 Å². The van der Waals surface area contributed by atoms with Crippen LogP contribution in [0.2, 0.25) is 0 Å². The summed E-state index contributed by atoms with van der Waals surface area (Å²) in [4.78, 5) is 2.56. The van der Waals surface area contributed by atoms with Gasteiger partial charge in [0.05, 0.1) is 0 Å². The molecule has 0 unspecified atom stereocenters. The van der Waals surface area contributed by atoms with Crippen LogP contribution in [0.4, 0.5) is 0 Å². The van der Waals surface area contributed by atoms with Crippen LogP contribution in [-0.4, -0.2) is 30.6 Å². The van der Waals surface area contributed by atoms with E-state index in [1.807, 2.05) is 0 Å². The first-order valence-electron chi connectivity index (χ1n) is 8.30. The van der Waals surface area contributed by atoms with E-state index in [1.165, 1.54) is 11.1 Å². The number of rotatable bonds is 5. The number of aryl methyl sites for hydroxylation is 1. The Hall–Kier alpha value is -1.80. The van der Waals surface area contributed by atoms with Gasteiger partial charge in [0.2, 0.25) is 0 Å². The Balaban J connectivity index is 1.44. The van der Waals surface area contributed by atoms with Gasteiger partial charge in [-0.3, -0.25) is 0 Å². The summed E-state index contributed by atoms with van der Waals surface area (Å²) < 4.78 is 6.17. The van der Waals surface area contributed by atoms with Crippen LogP contribution < -0.4 is 4.74 Å². The normalized spacial score (nSPS) is 16.6. The Labute approximate surface area is 133 Å². The van der Waals surface area contributed by atoms with Crippen molar-refractivity contribution in [2.45, 2.75) is 32.3 Å². The number of nitrogens with zero attached hydrogens (tertiary/aromatic N) is 1. The largest absolute Gasteiger partial charge is 0.490 e. The highest BCUT2D eigenvalue weighted by molar-refractivity contribution is 5.31.